The fraction of sp³-hybridized carbons (Fsp3) is 0.923. The summed E-state index contributed by atoms with van der Waals surface area (Å²) in [5.41, 5.74) is 0. The Morgan fingerprint density at radius 2 is 2.06 bits per heavy atom. The second-order valence-electron chi connectivity index (χ2n) is 4.86. The third kappa shape index (κ3) is 5.48. The van der Waals surface area contributed by atoms with E-state index in [9.17, 15) is 4.79 Å². The maximum Gasteiger partial charge on any atom is 0.317 e. The molecule has 18 heavy (non-hydrogen) atoms. The third-order valence-corrected chi connectivity index (χ3v) is 4.07. The van der Waals surface area contributed by atoms with Gasteiger partial charge in [0.1, 0.15) is 0 Å². The standard InChI is InChI=1S/C13H26N2O2S/c1-4-17-12(11(2)3)5-6-14-13(16)15-7-9-18-10-8-15/h11-12H,4-10H2,1-3H3,(H,14,16). The first-order valence-corrected chi connectivity index (χ1v) is 8.02. The summed E-state index contributed by atoms with van der Waals surface area (Å²) in [7, 11) is 0. The van der Waals surface area contributed by atoms with Crippen LogP contribution in [0.1, 0.15) is 27.2 Å². The maximum atomic E-state index is 11.9. The molecule has 1 heterocycles. The first-order valence-electron chi connectivity index (χ1n) is 6.87. The van der Waals surface area contributed by atoms with Crippen molar-refractivity contribution in [2.75, 3.05) is 37.7 Å². The molecular weight excluding hydrogens is 248 g/mol. The molecule has 4 nitrogen and oxygen atoms in total. The van der Waals surface area contributed by atoms with Crippen LogP contribution in [0.3, 0.4) is 0 Å². The number of rotatable bonds is 6. The molecule has 1 aliphatic heterocycles. The van der Waals surface area contributed by atoms with Crippen molar-refractivity contribution in [3.63, 3.8) is 0 Å². The molecule has 2 amide bonds. The number of thioether (sulfide) groups is 1. The van der Waals surface area contributed by atoms with Crippen molar-refractivity contribution >= 4 is 17.8 Å². The van der Waals surface area contributed by atoms with Gasteiger partial charge in [-0.25, -0.2) is 4.79 Å². The fourth-order valence-corrected chi connectivity index (χ4v) is 2.93. The van der Waals surface area contributed by atoms with Crippen LogP contribution in [0.4, 0.5) is 4.79 Å². The number of hydrogen-bond acceptors (Lipinski definition) is 3. The van der Waals surface area contributed by atoms with Gasteiger partial charge in [-0.1, -0.05) is 13.8 Å². The lowest BCUT2D eigenvalue weighted by Gasteiger charge is -2.27. The second kappa shape index (κ2) is 8.64. The molecule has 0 saturated carbocycles. The Morgan fingerprint density at radius 1 is 1.39 bits per heavy atom. The summed E-state index contributed by atoms with van der Waals surface area (Å²) in [6, 6.07) is 0.0781. The van der Waals surface area contributed by atoms with E-state index in [1.165, 1.54) is 0 Å². The molecule has 0 spiro atoms. The number of ether oxygens (including phenoxy) is 1. The minimum absolute atomic E-state index is 0.0781. The van der Waals surface area contributed by atoms with Crippen molar-refractivity contribution in [3.8, 4) is 0 Å². The zero-order chi connectivity index (χ0) is 13.4. The number of urea groups is 1. The van der Waals surface area contributed by atoms with Gasteiger partial charge in [-0.05, 0) is 19.3 Å². The number of amides is 2. The van der Waals surface area contributed by atoms with Crippen LogP contribution in [0.25, 0.3) is 0 Å². The number of carbonyl (C=O) groups excluding carboxylic acids is 1. The molecule has 0 aromatic heterocycles. The van der Waals surface area contributed by atoms with Gasteiger partial charge in [0.2, 0.25) is 0 Å². The van der Waals surface area contributed by atoms with Crippen LogP contribution >= 0.6 is 11.8 Å². The highest BCUT2D eigenvalue weighted by atomic mass is 32.2. The van der Waals surface area contributed by atoms with Gasteiger partial charge in [0.25, 0.3) is 0 Å². The minimum atomic E-state index is 0.0781. The zero-order valence-electron chi connectivity index (χ0n) is 11.8. The van der Waals surface area contributed by atoms with Gasteiger partial charge < -0.3 is 15.0 Å². The largest absolute Gasteiger partial charge is 0.378 e. The molecule has 106 valence electrons. The van der Waals surface area contributed by atoms with Gasteiger partial charge in [0, 0.05) is 37.7 Å². The Morgan fingerprint density at radius 3 is 2.61 bits per heavy atom. The number of nitrogens with one attached hydrogen (secondary N) is 1. The van der Waals surface area contributed by atoms with Crippen LogP contribution in [0.5, 0.6) is 0 Å². The van der Waals surface area contributed by atoms with E-state index in [4.69, 9.17) is 4.74 Å². The predicted octanol–water partition coefficient (Wildman–Crippen LogP) is 2.20. The van der Waals surface area contributed by atoms with Gasteiger partial charge in [-0.15, -0.1) is 0 Å². The quantitative estimate of drug-likeness (QED) is 0.807. The van der Waals surface area contributed by atoms with Crippen molar-refractivity contribution < 1.29 is 9.53 Å². The van der Waals surface area contributed by atoms with Crippen LogP contribution in [0.15, 0.2) is 0 Å². The first kappa shape index (κ1) is 15.6. The van der Waals surface area contributed by atoms with Crippen LogP contribution in [0, 0.1) is 5.92 Å². The summed E-state index contributed by atoms with van der Waals surface area (Å²) in [5.74, 6) is 2.61. The molecule has 0 radical (unpaired) electrons. The zero-order valence-corrected chi connectivity index (χ0v) is 12.6. The van der Waals surface area contributed by atoms with E-state index in [0.717, 1.165) is 37.6 Å². The van der Waals surface area contributed by atoms with Crippen molar-refractivity contribution in [1.82, 2.24) is 10.2 Å². The third-order valence-electron chi connectivity index (χ3n) is 3.13. The molecular formula is C13H26N2O2S. The average Bonchev–Trinajstić information content (AvgIpc) is 2.38. The number of hydrogen-bond donors (Lipinski definition) is 1. The Labute approximate surface area is 115 Å². The Kier molecular flexibility index (Phi) is 7.51. The summed E-state index contributed by atoms with van der Waals surface area (Å²) in [6.45, 7) is 9.50. The van der Waals surface area contributed by atoms with Crippen LogP contribution in [-0.4, -0.2) is 54.8 Å². The molecule has 1 N–H and O–H groups in total. The Balaban J connectivity index is 2.20. The summed E-state index contributed by atoms with van der Waals surface area (Å²) in [5, 5.41) is 2.99. The van der Waals surface area contributed by atoms with E-state index in [-0.39, 0.29) is 12.1 Å². The van der Waals surface area contributed by atoms with E-state index in [1.807, 2.05) is 23.6 Å². The predicted molar refractivity (Wildman–Crippen MR) is 77.2 cm³/mol. The normalized spacial score (nSPS) is 17.9. The Bertz CT molecular complexity index is 243. The lowest BCUT2D eigenvalue weighted by atomic mass is 10.0. The second-order valence-corrected chi connectivity index (χ2v) is 6.08. The number of nitrogens with zero attached hydrogens (tertiary/aromatic N) is 1. The van der Waals surface area contributed by atoms with Crippen LogP contribution in [-0.2, 0) is 4.74 Å². The summed E-state index contributed by atoms with van der Waals surface area (Å²) in [4.78, 5) is 13.8. The molecule has 0 aromatic carbocycles. The van der Waals surface area contributed by atoms with E-state index >= 15 is 0 Å². The lowest BCUT2D eigenvalue weighted by Crippen LogP contribution is -2.45. The van der Waals surface area contributed by atoms with Crippen molar-refractivity contribution in [1.29, 1.82) is 0 Å². The highest BCUT2D eigenvalue weighted by Gasteiger charge is 2.17. The number of carbonyl (C=O) groups is 1. The molecule has 5 heteroatoms. The highest BCUT2D eigenvalue weighted by Crippen LogP contribution is 2.11. The molecule has 0 bridgehead atoms. The SMILES string of the molecule is CCOC(CCNC(=O)N1CCSCC1)C(C)C. The minimum Gasteiger partial charge on any atom is -0.378 e. The average molecular weight is 274 g/mol. The lowest BCUT2D eigenvalue weighted by molar-refractivity contribution is 0.0254. The highest BCUT2D eigenvalue weighted by molar-refractivity contribution is 7.99. The molecule has 1 aliphatic rings. The van der Waals surface area contributed by atoms with E-state index in [2.05, 4.69) is 19.2 Å². The van der Waals surface area contributed by atoms with Gasteiger partial charge in [-0.3, -0.25) is 0 Å². The van der Waals surface area contributed by atoms with Crippen molar-refractivity contribution in [3.05, 3.63) is 0 Å². The summed E-state index contributed by atoms with van der Waals surface area (Å²) >= 11 is 1.91. The molecule has 0 aliphatic carbocycles. The van der Waals surface area contributed by atoms with Crippen LogP contribution in [0.2, 0.25) is 0 Å². The van der Waals surface area contributed by atoms with Crippen molar-refractivity contribution in [2.45, 2.75) is 33.3 Å². The van der Waals surface area contributed by atoms with E-state index in [1.54, 1.807) is 0 Å². The monoisotopic (exact) mass is 274 g/mol. The van der Waals surface area contributed by atoms with Crippen LogP contribution < -0.4 is 5.32 Å². The molecule has 1 atom stereocenters. The first-order chi connectivity index (χ1) is 8.65. The summed E-state index contributed by atoms with van der Waals surface area (Å²) < 4.78 is 5.66. The smallest absolute Gasteiger partial charge is 0.317 e. The molecule has 1 saturated heterocycles. The molecule has 1 unspecified atom stereocenters. The van der Waals surface area contributed by atoms with E-state index < -0.39 is 0 Å². The Hall–Kier alpha value is -0.420. The van der Waals surface area contributed by atoms with Gasteiger partial charge in [0.05, 0.1) is 6.10 Å². The molecule has 1 fully saturated rings. The van der Waals surface area contributed by atoms with Gasteiger partial charge >= 0.3 is 6.03 Å². The van der Waals surface area contributed by atoms with Gasteiger partial charge in [0.15, 0.2) is 0 Å². The fourth-order valence-electron chi connectivity index (χ4n) is 2.02. The molecule has 1 rings (SSSR count). The van der Waals surface area contributed by atoms with Crippen molar-refractivity contribution in [2.24, 2.45) is 5.92 Å². The topological polar surface area (TPSA) is 41.6 Å². The maximum absolute atomic E-state index is 11.9. The molecule has 0 aromatic rings. The summed E-state index contributed by atoms with van der Waals surface area (Å²) in [6.07, 6.45) is 1.13. The van der Waals surface area contributed by atoms with E-state index in [0.29, 0.717) is 12.5 Å². The van der Waals surface area contributed by atoms with Gasteiger partial charge in [-0.2, -0.15) is 11.8 Å².